The van der Waals surface area contributed by atoms with E-state index in [9.17, 15) is 18.0 Å². The number of amides is 2. The SMILES string of the molecule is O=C(CS(=O)(=O)Cc1ccccc1)Nc1ccccc1C(=O)NCC1CCCO1. The Hall–Kier alpha value is -2.71. The van der Waals surface area contributed by atoms with Gasteiger partial charge >= 0.3 is 0 Å². The second-order valence-electron chi connectivity index (χ2n) is 6.96. The van der Waals surface area contributed by atoms with Gasteiger partial charge in [-0.3, -0.25) is 9.59 Å². The Morgan fingerprint density at radius 3 is 2.48 bits per heavy atom. The fourth-order valence-electron chi connectivity index (χ4n) is 3.16. The lowest BCUT2D eigenvalue weighted by Gasteiger charge is -2.14. The second kappa shape index (κ2) is 9.67. The molecule has 1 unspecified atom stereocenters. The standard InChI is InChI=1S/C21H24N2O5S/c24-20(15-29(26,27)14-16-7-2-1-3-8-16)23-19-11-5-4-10-18(19)21(25)22-13-17-9-6-12-28-17/h1-5,7-8,10-11,17H,6,9,12-15H2,(H,22,25)(H,23,24). The molecule has 2 aromatic rings. The number of benzene rings is 2. The summed E-state index contributed by atoms with van der Waals surface area (Å²) in [5.41, 5.74) is 1.17. The van der Waals surface area contributed by atoms with Crippen molar-refractivity contribution >= 4 is 27.3 Å². The Bertz CT molecular complexity index is 954. The maximum atomic E-state index is 12.5. The predicted octanol–water partition coefficient (Wildman–Crippen LogP) is 2.15. The number of hydrogen-bond acceptors (Lipinski definition) is 5. The number of para-hydroxylation sites is 1. The van der Waals surface area contributed by atoms with E-state index < -0.39 is 21.5 Å². The van der Waals surface area contributed by atoms with Crippen LogP contribution in [0.4, 0.5) is 5.69 Å². The third-order valence-corrected chi connectivity index (χ3v) is 6.02. The third kappa shape index (κ3) is 6.40. The van der Waals surface area contributed by atoms with Crippen LogP contribution in [0.3, 0.4) is 0 Å². The van der Waals surface area contributed by atoms with Crippen LogP contribution in [0.5, 0.6) is 0 Å². The van der Waals surface area contributed by atoms with E-state index in [1.165, 1.54) is 0 Å². The number of nitrogens with one attached hydrogen (secondary N) is 2. The van der Waals surface area contributed by atoms with Gasteiger partial charge < -0.3 is 15.4 Å². The molecule has 1 saturated heterocycles. The lowest BCUT2D eigenvalue weighted by molar-refractivity contribution is -0.113. The van der Waals surface area contributed by atoms with Gasteiger partial charge in [-0.1, -0.05) is 42.5 Å². The summed E-state index contributed by atoms with van der Waals surface area (Å²) in [5, 5.41) is 5.35. The summed E-state index contributed by atoms with van der Waals surface area (Å²) < 4.78 is 30.1. The molecule has 0 aromatic heterocycles. The quantitative estimate of drug-likeness (QED) is 0.687. The van der Waals surface area contributed by atoms with Crippen LogP contribution in [-0.2, 0) is 25.1 Å². The van der Waals surface area contributed by atoms with Crippen molar-refractivity contribution in [3.8, 4) is 0 Å². The van der Waals surface area contributed by atoms with E-state index in [0.29, 0.717) is 18.7 Å². The van der Waals surface area contributed by atoms with Gasteiger partial charge in [0.25, 0.3) is 5.91 Å². The van der Waals surface area contributed by atoms with Crippen LogP contribution in [0.25, 0.3) is 0 Å². The molecule has 1 aliphatic rings. The third-order valence-electron chi connectivity index (χ3n) is 4.54. The molecule has 2 aromatic carbocycles. The zero-order chi connectivity index (χ0) is 20.7. The van der Waals surface area contributed by atoms with Crippen LogP contribution < -0.4 is 10.6 Å². The van der Waals surface area contributed by atoms with E-state index in [1.54, 1.807) is 54.6 Å². The highest BCUT2D eigenvalue weighted by Crippen LogP contribution is 2.16. The Morgan fingerprint density at radius 1 is 1.03 bits per heavy atom. The first-order valence-electron chi connectivity index (χ1n) is 9.46. The zero-order valence-electron chi connectivity index (χ0n) is 16.0. The van der Waals surface area contributed by atoms with Crippen LogP contribution in [-0.4, -0.2) is 45.2 Å². The number of sulfone groups is 1. The molecule has 1 atom stereocenters. The van der Waals surface area contributed by atoms with Gasteiger partial charge in [-0.15, -0.1) is 0 Å². The smallest absolute Gasteiger partial charge is 0.253 e. The molecule has 2 N–H and O–H groups in total. The van der Waals surface area contributed by atoms with Crippen molar-refractivity contribution in [2.45, 2.75) is 24.7 Å². The number of carbonyl (C=O) groups is 2. The lowest BCUT2D eigenvalue weighted by atomic mass is 10.1. The van der Waals surface area contributed by atoms with Crippen molar-refractivity contribution in [2.75, 3.05) is 24.2 Å². The molecule has 1 fully saturated rings. The van der Waals surface area contributed by atoms with E-state index in [1.807, 2.05) is 0 Å². The van der Waals surface area contributed by atoms with Crippen LogP contribution in [0, 0.1) is 0 Å². The minimum absolute atomic E-state index is 0.00355. The molecule has 2 amide bonds. The van der Waals surface area contributed by atoms with Crippen molar-refractivity contribution in [1.29, 1.82) is 0 Å². The molecule has 0 radical (unpaired) electrons. The Balaban J connectivity index is 1.60. The normalized spacial score (nSPS) is 16.3. The molecule has 0 spiro atoms. The zero-order valence-corrected chi connectivity index (χ0v) is 16.8. The lowest BCUT2D eigenvalue weighted by Crippen LogP contribution is -2.32. The number of carbonyl (C=O) groups excluding carboxylic acids is 2. The first kappa shape index (κ1) is 21.0. The molecule has 0 aliphatic carbocycles. The van der Waals surface area contributed by atoms with Crippen molar-refractivity contribution < 1.29 is 22.7 Å². The van der Waals surface area contributed by atoms with E-state index in [2.05, 4.69) is 10.6 Å². The van der Waals surface area contributed by atoms with Gasteiger partial charge in [0, 0.05) is 13.2 Å². The van der Waals surface area contributed by atoms with Crippen LogP contribution in [0.1, 0.15) is 28.8 Å². The fraction of sp³-hybridized carbons (Fsp3) is 0.333. The van der Waals surface area contributed by atoms with Gasteiger partial charge in [0.2, 0.25) is 5.91 Å². The first-order valence-corrected chi connectivity index (χ1v) is 11.3. The average molecular weight is 416 g/mol. The summed E-state index contributed by atoms with van der Waals surface area (Å²) in [6, 6.07) is 15.2. The molecule has 1 aliphatic heterocycles. The molecule has 8 heteroatoms. The Kier molecular flexibility index (Phi) is 7.00. The van der Waals surface area contributed by atoms with Gasteiger partial charge in [-0.05, 0) is 30.5 Å². The number of rotatable bonds is 8. The molecule has 3 rings (SSSR count). The highest BCUT2D eigenvalue weighted by Gasteiger charge is 2.21. The highest BCUT2D eigenvalue weighted by molar-refractivity contribution is 7.91. The molecule has 7 nitrogen and oxygen atoms in total. The molecule has 154 valence electrons. The largest absolute Gasteiger partial charge is 0.376 e. The van der Waals surface area contributed by atoms with Crippen molar-refractivity contribution in [1.82, 2.24) is 5.32 Å². The van der Waals surface area contributed by atoms with Crippen LogP contribution in [0.2, 0.25) is 0 Å². The van der Waals surface area contributed by atoms with E-state index in [0.717, 1.165) is 12.8 Å². The maximum absolute atomic E-state index is 12.5. The van der Waals surface area contributed by atoms with E-state index in [-0.39, 0.29) is 29.0 Å². The predicted molar refractivity (Wildman–Crippen MR) is 110 cm³/mol. The van der Waals surface area contributed by atoms with Gasteiger partial charge in [0.05, 0.1) is 23.1 Å². The van der Waals surface area contributed by atoms with Crippen molar-refractivity contribution in [2.24, 2.45) is 0 Å². The van der Waals surface area contributed by atoms with Gasteiger partial charge in [-0.25, -0.2) is 8.42 Å². The molecule has 29 heavy (non-hydrogen) atoms. The monoisotopic (exact) mass is 416 g/mol. The molecule has 0 saturated carbocycles. The average Bonchev–Trinajstić information content (AvgIpc) is 3.20. The summed E-state index contributed by atoms with van der Waals surface area (Å²) in [4.78, 5) is 24.8. The van der Waals surface area contributed by atoms with Crippen LogP contribution >= 0.6 is 0 Å². The summed E-state index contributed by atoms with van der Waals surface area (Å²) in [6.07, 6.45) is 1.88. The highest BCUT2D eigenvalue weighted by atomic mass is 32.2. The first-order chi connectivity index (χ1) is 13.9. The number of ether oxygens (including phenoxy) is 1. The van der Waals surface area contributed by atoms with Crippen LogP contribution in [0.15, 0.2) is 54.6 Å². The number of anilines is 1. The Morgan fingerprint density at radius 2 is 1.76 bits per heavy atom. The van der Waals surface area contributed by atoms with E-state index >= 15 is 0 Å². The molecular weight excluding hydrogens is 392 g/mol. The molecular formula is C21H24N2O5S. The molecule has 0 bridgehead atoms. The van der Waals surface area contributed by atoms with Gasteiger partial charge in [0.15, 0.2) is 9.84 Å². The van der Waals surface area contributed by atoms with Gasteiger partial charge in [0.1, 0.15) is 5.75 Å². The van der Waals surface area contributed by atoms with Crippen molar-refractivity contribution in [3.63, 3.8) is 0 Å². The Labute approximate surface area is 170 Å². The summed E-state index contributed by atoms with van der Waals surface area (Å²) in [5.74, 6) is -1.90. The number of hydrogen-bond donors (Lipinski definition) is 2. The summed E-state index contributed by atoms with van der Waals surface area (Å²) in [6.45, 7) is 1.09. The topological polar surface area (TPSA) is 102 Å². The van der Waals surface area contributed by atoms with Crippen molar-refractivity contribution in [3.05, 3.63) is 65.7 Å². The fourth-order valence-corrected chi connectivity index (χ4v) is 4.44. The summed E-state index contributed by atoms with van der Waals surface area (Å²) >= 11 is 0. The minimum atomic E-state index is -3.64. The summed E-state index contributed by atoms with van der Waals surface area (Å²) in [7, 11) is -3.64. The minimum Gasteiger partial charge on any atom is -0.376 e. The van der Waals surface area contributed by atoms with E-state index in [4.69, 9.17) is 4.74 Å². The maximum Gasteiger partial charge on any atom is 0.253 e. The second-order valence-corrected chi connectivity index (χ2v) is 9.02. The van der Waals surface area contributed by atoms with Gasteiger partial charge in [-0.2, -0.15) is 0 Å². The molecule has 1 heterocycles.